The standard InChI is InChI=1S/C37H40N3O3/c41-25-13-19-40(20-14-25)37(42)27-10-2-1-9-26(27)32-30-21-23-7-3-15-38-17-5-11-28(33(23)38)35(30)43-36-29-12-6-18-39-16-4-8-24(34(29)39)22-31(32)36/h1-2,9-10,21-22,25,41H,3-8,11-20H2/q+1. The summed E-state index contributed by atoms with van der Waals surface area (Å²) in [4.78, 5) is 18.7. The zero-order valence-corrected chi connectivity index (χ0v) is 25.0. The summed E-state index contributed by atoms with van der Waals surface area (Å²) in [5, 5.41) is 12.7. The molecule has 6 nitrogen and oxygen atoms in total. The zero-order chi connectivity index (χ0) is 28.7. The molecular formula is C37H40N3O3+. The Morgan fingerprint density at radius 3 is 2.42 bits per heavy atom. The number of aliphatic hydroxyl groups excluding tert-OH is 1. The molecule has 6 aliphatic rings. The van der Waals surface area contributed by atoms with Crippen molar-refractivity contribution < 1.29 is 14.6 Å². The van der Waals surface area contributed by atoms with Crippen molar-refractivity contribution in [1.29, 1.82) is 0 Å². The van der Waals surface area contributed by atoms with Gasteiger partial charge in [0, 0.05) is 77.8 Å². The van der Waals surface area contributed by atoms with Gasteiger partial charge in [-0.05, 0) is 80.7 Å². The first-order valence-corrected chi connectivity index (χ1v) is 16.7. The normalized spacial score (nSPS) is 20.6. The number of hydrogen-bond acceptors (Lipinski definition) is 4. The maximum Gasteiger partial charge on any atom is 0.254 e. The van der Waals surface area contributed by atoms with E-state index in [4.69, 9.17) is 4.74 Å². The first-order valence-electron chi connectivity index (χ1n) is 16.7. The molecule has 3 aromatic carbocycles. The van der Waals surface area contributed by atoms with Crippen LogP contribution in [-0.2, 0) is 25.7 Å². The summed E-state index contributed by atoms with van der Waals surface area (Å²) in [5.74, 6) is 2.13. The SMILES string of the molecule is O=C(c1ccccc1C1=c2cc3c4c(c2Oc2c1cc1c5c2CCCN5CCC1)CCC[N+]=4CCC3)N1CCC(O)CC1. The number of aryl methyl sites for hydroxylation is 2. The van der Waals surface area contributed by atoms with Gasteiger partial charge in [-0.2, -0.15) is 0 Å². The first-order chi connectivity index (χ1) is 21.2. The molecule has 0 aliphatic carbocycles. The molecule has 9 rings (SSSR count). The van der Waals surface area contributed by atoms with E-state index in [1.807, 2.05) is 17.0 Å². The second-order valence-corrected chi connectivity index (χ2v) is 13.4. The monoisotopic (exact) mass is 574 g/mol. The third-order valence-corrected chi connectivity index (χ3v) is 10.9. The van der Waals surface area contributed by atoms with Crippen LogP contribution in [0.1, 0.15) is 82.3 Å². The van der Waals surface area contributed by atoms with Gasteiger partial charge in [0.25, 0.3) is 5.91 Å². The number of fused-ring (bicyclic) bond motifs is 4. The minimum absolute atomic E-state index is 0.0699. The van der Waals surface area contributed by atoms with Crippen molar-refractivity contribution in [3.8, 4) is 11.5 Å². The van der Waals surface area contributed by atoms with E-state index in [9.17, 15) is 9.90 Å². The highest BCUT2D eigenvalue weighted by atomic mass is 16.5. The molecule has 0 saturated carbocycles. The van der Waals surface area contributed by atoms with E-state index in [1.54, 1.807) is 0 Å². The predicted octanol–water partition coefficient (Wildman–Crippen LogP) is 3.72. The van der Waals surface area contributed by atoms with E-state index in [-0.39, 0.29) is 12.0 Å². The van der Waals surface area contributed by atoms with Crippen LogP contribution in [0.15, 0.2) is 36.4 Å². The minimum atomic E-state index is -0.312. The summed E-state index contributed by atoms with van der Waals surface area (Å²) in [6, 6.07) is 13.1. The highest BCUT2D eigenvalue weighted by molar-refractivity contribution is 6.02. The van der Waals surface area contributed by atoms with Gasteiger partial charge in [-0.3, -0.25) is 4.79 Å². The van der Waals surface area contributed by atoms with Gasteiger partial charge >= 0.3 is 0 Å². The molecule has 1 fully saturated rings. The average molecular weight is 575 g/mol. The lowest BCUT2D eigenvalue weighted by atomic mass is 9.81. The van der Waals surface area contributed by atoms with Crippen molar-refractivity contribution in [3.63, 3.8) is 0 Å². The molecular weight excluding hydrogens is 534 g/mol. The van der Waals surface area contributed by atoms with Crippen LogP contribution in [0.2, 0.25) is 0 Å². The summed E-state index contributed by atoms with van der Waals surface area (Å²) < 4.78 is 9.80. The Morgan fingerprint density at radius 2 is 1.56 bits per heavy atom. The van der Waals surface area contributed by atoms with Gasteiger partial charge in [0.05, 0.1) is 11.7 Å². The molecule has 220 valence electrons. The second-order valence-electron chi connectivity index (χ2n) is 13.4. The zero-order valence-electron chi connectivity index (χ0n) is 25.0. The van der Waals surface area contributed by atoms with Crippen LogP contribution in [0, 0.1) is 0 Å². The second kappa shape index (κ2) is 9.95. The number of hydrogen-bond donors (Lipinski definition) is 1. The smallest absolute Gasteiger partial charge is 0.254 e. The molecule has 6 heteroatoms. The number of carbonyl (C=O) groups is 1. The lowest BCUT2D eigenvalue weighted by molar-refractivity contribution is 0.0546. The number of aliphatic hydroxyl groups is 1. The molecule has 6 aliphatic heterocycles. The molecule has 0 radical (unpaired) electrons. The molecule has 43 heavy (non-hydrogen) atoms. The van der Waals surface area contributed by atoms with Crippen LogP contribution in [0.5, 0.6) is 11.5 Å². The fourth-order valence-corrected chi connectivity index (χ4v) is 8.93. The van der Waals surface area contributed by atoms with Gasteiger partial charge in [0.1, 0.15) is 24.6 Å². The Kier molecular flexibility index (Phi) is 5.97. The number of amides is 1. The van der Waals surface area contributed by atoms with Gasteiger partial charge in [-0.15, -0.1) is 0 Å². The average Bonchev–Trinajstić information content (AvgIpc) is 3.05. The fraction of sp³-hybridized carbons (Fsp3) is 0.459. The molecule has 0 spiro atoms. The van der Waals surface area contributed by atoms with E-state index >= 15 is 0 Å². The number of piperidine rings is 1. The lowest BCUT2D eigenvalue weighted by Crippen LogP contribution is -2.45. The predicted molar refractivity (Wildman–Crippen MR) is 168 cm³/mol. The van der Waals surface area contributed by atoms with Crippen LogP contribution in [-0.4, -0.2) is 61.3 Å². The van der Waals surface area contributed by atoms with Gasteiger partial charge in [0.15, 0.2) is 0 Å². The van der Waals surface area contributed by atoms with E-state index in [1.165, 1.54) is 51.7 Å². The Bertz CT molecular complexity index is 1810. The van der Waals surface area contributed by atoms with Crippen molar-refractivity contribution in [3.05, 3.63) is 85.9 Å². The summed E-state index contributed by atoms with van der Waals surface area (Å²) in [5.41, 5.74) is 11.1. The van der Waals surface area contributed by atoms with E-state index in [0.29, 0.717) is 25.9 Å². The third kappa shape index (κ3) is 3.95. The highest BCUT2D eigenvalue weighted by Gasteiger charge is 2.36. The van der Waals surface area contributed by atoms with Crippen molar-refractivity contribution in [2.24, 2.45) is 0 Å². The van der Waals surface area contributed by atoms with Gasteiger partial charge in [-0.1, -0.05) is 18.2 Å². The highest BCUT2D eigenvalue weighted by Crippen LogP contribution is 2.48. The number of carbonyl (C=O) groups excluding carboxylic acids is 1. The Balaban J connectivity index is 1.35. The summed E-state index contributed by atoms with van der Waals surface area (Å²) in [6.45, 7) is 5.70. The van der Waals surface area contributed by atoms with E-state index in [2.05, 4.69) is 33.7 Å². The molecule has 0 bridgehead atoms. The summed E-state index contributed by atoms with van der Waals surface area (Å²) >= 11 is 0. The first kappa shape index (κ1) is 25.8. The Labute approximate surface area is 252 Å². The number of nitrogens with zero attached hydrogens (tertiary/aromatic N) is 3. The van der Waals surface area contributed by atoms with Gasteiger partial charge in [-0.25, -0.2) is 4.58 Å². The molecule has 0 unspecified atom stereocenters. The van der Waals surface area contributed by atoms with Crippen LogP contribution >= 0.6 is 0 Å². The van der Waals surface area contributed by atoms with Crippen molar-refractivity contribution in [1.82, 2.24) is 9.48 Å². The topological polar surface area (TPSA) is 56.0 Å². The van der Waals surface area contributed by atoms with Crippen molar-refractivity contribution in [2.45, 2.75) is 70.3 Å². The number of likely N-dealkylation sites (tertiary alicyclic amines) is 1. The number of rotatable bonds is 2. The molecule has 0 aromatic heterocycles. The van der Waals surface area contributed by atoms with E-state index in [0.717, 1.165) is 98.1 Å². The van der Waals surface area contributed by atoms with Crippen LogP contribution in [0.3, 0.4) is 0 Å². The fourth-order valence-electron chi connectivity index (χ4n) is 8.93. The molecule has 1 N–H and O–H groups in total. The van der Waals surface area contributed by atoms with Crippen LogP contribution < -0.4 is 24.8 Å². The minimum Gasteiger partial charge on any atom is -0.455 e. The van der Waals surface area contributed by atoms with Gasteiger partial charge < -0.3 is 19.6 Å². The third-order valence-electron chi connectivity index (χ3n) is 10.9. The number of anilines is 1. The quantitative estimate of drug-likeness (QED) is 0.371. The van der Waals surface area contributed by atoms with Crippen LogP contribution in [0.25, 0.3) is 5.57 Å². The lowest BCUT2D eigenvalue weighted by Gasteiger charge is -2.39. The Morgan fingerprint density at radius 1 is 0.814 bits per heavy atom. The summed E-state index contributed by atoms with van der Waals surface area (Å²) in [6.07, 6.45) is 9.88. The molecule has 3 aromatic rings. The molecule has 1 saturated heterocycles. The van der Waals surface area contributed by atoms with E-state index < -0.39 is 0 Å². The maximum atomic E-state index is 14.2. The molecule has 6 heterocycles. The largest absolute Gasteiger partial charge is 0.455 e. The van der Waals surface area contributed by atoms with Crippen molar-refractivity contribution >= 4 is 17.2 Å². The number of benzene rings is 3. The van der Waals surface area contributed by atoms with Crippen molar-refractivity contribution in [2.75, 3.05) is 44.2 Å². The summed E-state index contributed by atoms with van der Waals surface area (Å²) in [7, 11) is 0. The maximum absolute atomic E-state index is 14.2. The number of ether oxygens (including phenoxy) is 1. The van der Waals surface area contributed by atoms with Crippen LogP contribution in [0.4, 0.5) is 5.69 Å². The molecule has 1 amide bonds. The molecule has 0 atom stereocenters. The van der Waals surface area contributed by atoms with Gasteiger partial charge in [0.2, 0.25) is 5.36 Å². The Hall–Kier alpha value is -3.64.